The van der Waals surface area contributed by atoms with Crippen LogP contribution in [-0.2, 0) is 13.7 Å². The third kappa shape index (κ3) is 2.68. The van der Waals surface area contributed by atoms with Crippen molar-refractivity contribution in [1.82, 2.24) is 9.55 Å². The summed E-state index contributed by atoms with van der Waals surface area (Å²) in [6.45, 7) is 2.12. The molecule has 1 atom stereocenters. The van der Waals surface area contributed by atoms with Gasteiger partial charge in [0, 0.05) is 37.1 Å². The van der Waals surface area contributed by atoms with Crippen LogP contribution in [0, 0.1) is 5.82 Å². The van der Waals surface area contributed by atoms with Gasteiger partial charge in [-0.05, 0) is 13.0 Å². The molecule has 0 bridgehead atoms. The van der Waals surface area contributed by atoms with E-state index >= 15 is 0 Å². The van der Waals surface area contributed by atoms with Crippen LogP contribution in [0.15, 0.2) is 30.6 Å². The first-order valence-corrected chi connectivity index (χ1v) is 5.72. The average Bonchev–Trinajstić information content (AvgIpc) is 2.72. The molecule has 0 aliphatic rings. The number of benzene rings is 1. The standard InChI is InChI=1S/C13H16FN3O/c1-9(15)11-4-3-10(14)7-12(11)18-8-13-16-5-6-17(13)2/h3-7,9H,8,15H2,1-2H3. The van der Waals surface area contributed by atoms with Crippen molar-refractivity contribution in [2.24, 2.45) is 12.8 Å². The Morgan fingerprint density at radius 1 is 1.50 bits per heavy atom. The predicted octanol–water partition coefficient (Wildman–Crippen LogP) is 2.16. The summed E-state index contributed by atoms with van der Waals surface area (Å²) in [6.07, 6.45) is 3.52. The topological polar surface area (TPSA) is 53.1 Å². The molecule has 0 aliphatic heterocycles. The van der Waals surface area contributed by atoms with Crippen molar-refractivity contribution < 1.29 is 9.13 Å². The van der Waals surface area contributed by atoms with E-state index < -0.39 is 0 Å². The smallest absolute Gasteiger partial charge is 0.146 e. The molecule has 96 valence electrons. The average molecular weight is 249 g/mol. The fourth-order valence-corrected chi connectivity index (χ4v) is 1.69. The molecular weight excluding hydrogens is 233 g/mol. The zero-order valence-electron chi connectivity index (χ0n) is 10.4. The van der Waals surface area contributed by atoms with E-state index in [0.29, 0.717) is 5.75 Å². The number of ether oxygens (including phenoxy) is 1. The quantitative estimate of drug-likeness (QED) is 0.903. The molecule has 1 heterocycles. The van der Waals surface area contributed by atoms with Crippen LogP contribution in [0.4, 0.5) is 4.39 Å². The van der Waals surface area contributed by atoms with Crippen LogP contribution >= 0.6 is 0 Å². The molecule has 2 aromatic rings. The van der Waals surface area contributed by atoms with Gasteiger partial charge in [0.25, 0.3) is 0 Å². The predicted molar refractivity (Wildman–Crippen MR) is 66.5 cm³/mol. The van der Waals surface area contributed by atoms with E-state index in [1.807, 2.05) is 24.7 Å². The van der Waals surface area contributed by atoms with Crippen molar-refractivity contribution >= 4 is 0 Å². The van der Waals surface area contributed by atoms with Crippen molar-refractivity contribution in [2.45, 2.75) is 19.6 Å². The van der Waals surface area contributed by atoms with Gasteiger partial charge in [0.15, 0.2) is 0 Å². The molecule has 0 amide bonds. The Labute approximate surface area is 105 Å². The van der Waals surface area contributed by atoms with Gasteiger partial charge in [-0.3, -0.25) is 0 Å². The SMILES string of the molecule is CC(N)c1ccc(F)cc1OCc1nccn1C. The molecule has 2 N–H and O–H groups in total. The fourth-order valence-electron chi connectivity index (χ4n) is 1.69. The number of aryl methyl sites for hydroxylation is 1. The molecule has 1 aromatic carbocycles. The molecule has 0 spiro atoms. The van der Waals surface area contributed by atoms with Gasteiger partial charge >= 0.3 is 0 Å². The monoisotopic (exact) mass is 249 g/mol. The van der Waals surface area contributed by atoms with E-state index in [-0.39, 0.29) is 18.5 Å². The molecule has 0 saturated heterocycles. The number of nitrogens with zero attached hydrogens (tertiary/aromatic N) is 2. The molecule has 1 aromatic heterocycles. The van der Waals surface area contributed by atoms with E-state index in [0.717, 1.165) is 11.4 Å². The van der Waals surface area contributed by atoms with Crippen molar-refractivity contribution in [2.75, 3.05) is 0 Å². The molecule has 4 nitrogen and oxygen atoms in total. The van der Waals surface area contributed by atoms with Gasteiger partial charge in [0.2, 0.25) is 0 Å². The summed E-state index contributed by atoms with van der Waals surface area (Å²) in [5.74, 6) is 0.900. The maximum atomic E-state index is 13.2. The zero-order valence-corrected chi connectivity index (χ0v) is 10.4. The van der Waals surface area contributed by atoms with Crippen LogP contribution in [0.5, 0.6) is 5.75 Å². The molecule has 5 heteroatoms. The highest BCUT2D eigenvalue weighted by Gasteiger charge is 2.10. The summed E-state index contributed by atoms with van der Waals surface area (Å²) in [5, 5.41) is 0. The Hall–Kier alpha value is -1.88. The fraction of sp³-hybridized carbons (Fsp3) is 0.308. The maximum absolute atomic E-state index is 13.2. The number of nitrogens with two attached hydrogens (primary N) is 1. The maximum Gasteiger partial charge on any atom is 0.146 e. The summed E-state index contributed by atoms with van der Waals surface area (Å²) >= 11 is 0. The van der Waals surface area contributed by atoms with Gasteiger partial charge in [-0.1, -0.05) is 6.07 Å². The minimum absolute atomic E-state index is 0.207. The second-order valence-electron chi connectivity index (χ2n) is 4.21. The first kappa shape index (κ1) is 12.6. The number of hydrogen-bond acceptors (Lipinski definition) is 3. The summed E-state index contributed by atoms with van der Waals surface area (Å²) < 4.78 is 20.7. The Morgan fingerprint density at radius 3 is 2.89 bits per heavy atom. The van der Waals surface area contributed by atoms with Crippen LogP contribution in [0.25, 0.3) is 0 Å². The highest BCUT2D eigenvalue weighted by atomic mass is 19.1. The first-order valence-electron chi connectivity index (χ1n) is 5.72. The number of halogens is 1. The van der Waals surface area contributed by atoms with Crippen molar-refractivity contribution in [3.05, 3.63) is 47.8 Å². The van der Waals surface area contributed by atoms with Crippen LogP contribution in [0.3, 0.4) is 0 Å². The third-order valence-electron chi connectivity index (χ3n) is 2.74. The molecule has 0 saturated carbocycles. The van der Waals surface area contributed by atoms with Gasteiger partial charge in [-0.15, -0.1) is 0 Å². The Morgan fingerprint density at radius 2 is 2.28 bits per heavy atom. The van der Waals surface area contributed by atoms with E-state index in [9.17, 15) is 4.39 Å². The van der Waals surface area contributed by atoms with Crippen molar-refractivity contribution in [3.8, 4) is 5.75 Å². The Bertz CT molecular complexity index is 537. The molecule has 0 aliphatic carbocycles. The van der Waals surface area contributed by atoms with E-state index in [1.54, 1.807) is 12.3 Å². The van der Waals surface area contributed by atoms with E-state index in [4.69, 9.17) is 10.5 Å². The Kier molecular flexibility index (Phi) is 3.62. The first-order chi connectivity index (χ1) is 8.58. The normalized spacial score (nSPS) is 12.4. The molecule has 0 fully saturated rings. The van der Waals surface area contributed by atoms with Crippen molar-refractivity contribution in [1.29, 1.82) is 0 Å². The molecule has 0 radical (unpaired) electrons. The van der Waals surface area contributed by atoms with Gasteiger partial charge < -0.3 is 15.0 Å². The minimum Gasteiger partial charge on any atom is -0.485 e. The number of rotatable bonds is 4. The van der Waals surface area contributed by atoms with Crippen molar-refractivity contribution in [3.63, 3.8) is 0 Å². The van der Waals surface area contributed by atoms with Gasteiger partial charge in [0.1, 0.15) is 24.0 Å². The lowest BCUT2D eigenvalue weighted by Crippen LogP contribution is -2.09. The summed E-state index contributed by atoms with van der Waals surface area (Å²) in [5.41, 5.74) is 6.60. The highest BCUT2D eigenvalue weighted by molar-refractivity contribution is 5.36. The number of hydrogen-bond donors (Lipinski definition) is 1. The zero-order chi connectivity index (χ0) is 13.1. The minimum atomic E-state index is -0.339. The lowest BCUT2D eigenvalue weighted by Gasteiger charge is -2.14. The number of aromatic nitrogens is 2. The van der Waals surface area contributed by atoms with E-state index in [1.165, 1.54) is 12.1 Å². The van der Waals surface area contributed by atoms with Gasteiger partial charge in [-0.25, -0.2) is 9.37 Å². The second kappa shape index (κ2) is 5.18. The summed E-state index contributed by atoms with van der Waals surface area (Å²) in [4.78, 5) is 4.14. The lowest BCUT2D eigenvalue weighted by atomic mass is 10.1. The third-order valence-corrected chi connectivity index (χ3v) is 2.74. The Balaban J connectivity index is 2.18. The molecule has 1 unspecified atom stereocenters. The molecule has 18 heavy (non-hydrogen) atoms. The highest BCUT2D eigenvalue weighted by Crippen LogP contribution is 2.25. The van der Waals surface area contributed by atoms with Crippen LogP contribution < -0.4 is 10.5 Å². The largest absolute Gasteiger partial charge is 0.485 e. The summed E-state index contributed by atoms with van der Waals surface area (Å²) in [6, 6.07) is 4.17. The van der Waals surface area contributed by atoms with E-state index in [2.05, 4.69) is 4.98 Å². The molecular formula is C13H16FN3O. The van der Waals surface area contributed by atoms with Gasteiger partial charge in [-0.2, -0.15) is 0 Å². The van der Waals surface area contributed by atoms with Crippen LogP contribution in [0.2, 0.25) is 0 Å². The van der Waals surface area contributed by atoms with Crippen LogP contribution in [0.1, 0.15) is 24.4 Å². The van der Waals surface area contributed by atoms with Crippen LogP contribution in [-0.4, -0.2) is 9.55 Å². The second-order valence-corrected chi connectivity index (χ2v) is 4.21. The number of imidazole rings is 1. The summed E-state index contributed by atoms with van der Waals surface area (Å²) in [7, 11) is 1.88. The molecule has 2 rings (SSSR count). The van der Waals surface area contributed by atoms with Gasteiger partial charge in [0.05, 0.1) is 0 Å². The lowest BCUT2D eigenvalue weighted by molar-refractivity contribution is 0.286.